The number of hydrogen-bond donors (Lipinski definition) is 1. The SMILES string of the molecule is CCCCN(CCCC)C(=O)C1CCCC(N)C1. The van der Waals surface area contributed by atoms with Gasteiger partial charge in [0, 0.05) is 25.0 Å². The van der Waals surface area contributed by atoms with Crippen LogP contribution in [0.1, 0.15) is 65.2 Å². The Labute approximate surface area is 112 Å². The van der Waals surface area contributed by atoms with Crippen molar-refractivity contribution in [1.82, 2.24) is 4.90 Å². The number of rotatable bonds is 7. The van der Waals surface area contributed by atoms with Crippen molar-refractivity contribution >= 4 is 5.91 Å². The highest BCUT2D eigenvalue weighted by Gasteiger charge is 2.28. The van der Waals surface area contributed by atoms with E-state index in [1.807, 2.05) is 0 Å². The number of nitrogens with zero attached hydrogens (tertiary/aromatic N) is 1. The lowest BCUT2D eigenvalue weighted by molar-refractivity contribution is -0.136. The summed E-state index contributed by atoms with van der Waals surface area (Å²) in [6.45, 7) is 6.22. The maximum atomic E-state index is 12.5. The second-order valence-electron chi connectivity index (χ2n) is 5.66. The summed E-state index contributed by atoms with van der Waals surface area (Å²) in [6.07, 6.45) is 8.69. The summed E-state index contributed by atoms with van der Waals surface area (Å²) in [5.41, 5.74) is 5.99. The molecule has 0 bridgehead atoms. The summed E-state index contributed by atoms with van der Waals surface area (Å²) in [4.78, 5) is 14.6. The van der Waals surface area contributed by atoms with Crippen LogP contribution in [-0.4, -0.2) is 29.9 Å². The van der Waals surface area contributed by atoms with Crippen molar-refractivity contribution in [3.05, 3.63) is 0 Å². The normalized spacial score (nSPS) is 23.9. The van der Waals surface area contributed by atoms with E-state index in [1.165, 1.54) is 0 Å². The van der Waals surface area contributed by atoms with Crippen molar-refractivity contribution in [2.24, 2.45) is 11.7 Å². The van der Waals surface area contributed by atoms with Crippen LogP contribution in [0.25, 0.3) is 0 Å². The Balaban J connectivity index is 2.50. The summed E-state index contributed by atoms with van der Waals surface area (Å²) in [5, 5.41) is 0. The van der Waals surface area contributed by atoms with Crippen LogP contribution in [0, 0.1) is 5.92 Å². The fraction of sp³-hybridized carbons (Fsp3) is 0.933. The maximum absolute atomic E-state index is 12.5. The predicted octanol–water partition coefficient (Wildman–Crippen LogP) is 2.93. The Hall–Kier alpha value is -0.570. The van der Waals surface area contributed by atoms with Gasteiger partial charge in [0.25, 0.3) is 0 Å². The van der Waals surface area contributed by atoms with E-state index in [4.69, 9.17) is 5.73 Å². The van der Waals surface area contributed by atoms with Gasteiger partial charge in [-0.1, -0.05) is 33.1 Å². The molecule has 2 N–H and O–H groups in total. The van der Waals surface area contributed by atoms with Gasteiger partial charge >= 0.3 is 0 Å². The minimum Gasteiger partial charge on any atom is -0.342 e. The standard InChI is InChI=1S/C15H30N2O/c1-3-5-10-17(11-6-4-2)15(18)13-8-7-9-14(16)12-13/h13-14H,3-12,16H2,1-2H3. The van der Waals surface area contributed by atoms with Crippen molar-refractivity contribution in [2.45, 2.75) is 71.3 Å². The quantitative estimate of drug-likeness (QED) is 0.759. The highest BCUT2D eigenvalue weighted by atomic mass is 16.2. The Kier molecular flexibility index (Phi) is 7.33. The molecule has 0 radical (unpaired) electrons. The largest absolute Gasteiger partial charge is 0.342 e. The van der Waals surface area contributed by atoms with Crippen LogP contribution in [0.2, 0.25) is 0 Å². The molecule has 1 fully saturated rings. The van der Waals surface area contributed by atoms with Gasteiger partial charge < -0.3 is 10.6 Å². The highest BCUT2D eigenvalue weighted by Crippen LogP contribution is 2.25. The van der Waals surface area contributed by atoms with Gasteiger partial charge in [0.15, 0.2) is 0 Å². The Morgan fingerprint density at radius 1 is 1.17 bits per heavy atom. The van der Waals surface area contributed by atoms with Crippen LogP contribution in [-0.2, 0) is 4.79 Å². The molecule has 0 aromatic heterocycles. The molecular weight excluding hydrogens is 224 g/mol. The Bertz CT molecular complexity index is 235. The van der Waals surface area contributed by atoms with Crippen LogP contribution in [0.4, 0.5) is 0 Å². The molecular formula is C15H30N2O. The lowest BCUT2D eigenvalue weighted by Crippen LogP contribution is -2.41. The number of unbranched alkanes of at least 4 members (excludes halogenated alkanes) is 2. The lowest BCUT2D eigenvalue weighted by Gasteiger charge is -2.31. The molecule has 1 aliphatic rings. The van der Waals surface area contributed by atoms with Crippen LogP contribution in [0.15, 0.2) is 0 Å². The molecule has 1 rings (SSSR count). The van der Waals surface area contributed by atoms with E-state index in [1.54, 1.807) is 0 Å². The Morgan fingerprint density at radius 3 is 2.28 bits per heavy atom. The van der Waals surface area contributed by atoms with Gasteiger partial charge in [-0.05, 0) is 32.1 Å². The van der Waals surface area contributed by atoms with Crippen molar-refractivity contribution in [3.63, 3.8) is 0 Å². The van der Waals surface area contributed by atoms with Crippen LogP contribution >= 0.6 is 0 Å². The van der Waals surface area contributed by atoms with E-state index in [-0.39, 0.29) is 12.0 Å². The number of carbonyl (C=O) groups excluding carboxylic acids is 1. The van der Waals surface area contributed by atoms with Crippen molar-refractivity contribution in [1.29, 1.82) is 0 Å². The van der Waals surface area contributed by atoms with Gasteiger partial charge in [-0.15, -0.1) is 0 Å². The predicted molar refractivity (Wildman–Crippen MR) is 76.3 cm³/mol. The third-order valence-corrected chi connectivity index (χ3v) is 3.94. The molecule has 18 heavy (non-hydrogen) atoms. The summed E-state index contributed by atoms with van der Waals surface area (Å²) in [6, 6.07) is 0.243. The summed E-state index contributed by atoms with van der Waals surface area (Å²) >= 11 is 0. The number of amides is 1. The zero-order valence-electron chi connectivity index (χ0n) is 12.2. The average molecular weight is 254 g/mol. The van der Waals surface area contributed by atoms with Crippen LogP contribution in [0.3, 0.4) is 0 Å². The summed E-state index contributed by atoms with van der Waals surface area (Å²) in [5.74, 6) is 0.564. The van der Waals surface area contributed by atoms with E-state index in [0.717, 1.165) is 64.5 Å². The second kappa shape index (κ2) is 8.52. The molecule has 0 heterocycles. The van der Waals surface area contributed by atoms with E-state index in [9.17, 15) is 4.79 Å². The molecule has 1 aliphatic carbocycles. The smallest absolute Gasteiger partial charge is 0.225 e. The van der Waals surface area contributed by atoms with E-state index in [2.05, 4.69) is 18.7 Å². The molecule has 0 aliphatic heterocycles. The van der Waals surface area contributed by atoms with E-state index >= 15 is 0 Å². The lowest BCUT2D eigenvalue weighted by atomic mass is 9.85. The first-order chi connectivity index (χ1) is 8.69. The first-order valence-electron chi connectivity index (χ1n) is 7.73. The summed E-state index contributed by atoms with van der Waals surface area (Å²) < 4.78 is 0. The molecule has 1 amide bonds. The monoisotopic (exact) mass is 254 g/mol. The number of nitrogens with two attached hydrogens (primary N) is 1. The molecule has 0 spiro atoms. The molecule has 0 aromatic rings. The van der Waals surface area contributed by atoms with E-state index in [0.29, 0.717) is 5.91 Å². The van der Waals surface area contributed by atoms with Crippen molar-refractivity contribution in [3.8, 4) is 0 Å². The third kappa shape index (κ3) is 4.97. The number of hydrogen-bond acceptors (Lipinski definition) is 2. The fourth-order valence-electron chi connectivity index (χ4n) is 2.74. The molecule has 3 heteroatoms. The first kappa shape index (κ1) is 15.5. The third-order valence-electron chi connectivity index (χ3n) is 3.94. The van der Waals surface area contributed by atoms with Crippen LogP contribution in [0.5, 0.6) is 0 Å². The molecule has 2 atom stereocenters. The summed E-state index contributed by atoms with van der Waals surface area (Å²) in [7, 11) is 0. The molecule has 106 valence electrons. The molecule has 0 aromatic carbocycles. The zero-order chi connectivity index (χ0) is 13.4. The molecule has 0 saturated heterocycles. The van der Waals surface area contributed by atoms with E-state index < -0.39 is 0 Å². The Morgan fingerprint density at radius 2 is 1.78 bits per heavy atom. The van der Waals surface area contributed by atoms with Gasteiger partial charge in [0.2, 0.25) is 5.91 Å². The minimum atomic E-state index is 0.197. The second-order valence-corrected chi connectivity index (χ2v) is 5.66. The van der Waals surface area contributed by atoms with Gasteiger partial charge in [0.1, 0.15) is 0 Å². The molecule has 3 nitrogen and oxygen atoms in total. The van der Waals surface area contributed by atoms with Crippen molar-refractivity contribution in [2.75, 3.05) is 13.1 Å². The minimum absolute atomic E-state index is 0.197. The topological polar surface area (TPSA) is 46.3 Å². The fourth-order valence-corrected chi connectivity index (χ4v) is 2.74. The molecule has 2 unspecified atom stereocenters. The average Bonchev–Trinajstić information content (AvgIpc) is 2.38. The first-order valence-corrected chi connectivity index (χ1v) is 7.73. The number of carbonyl (C=O) groups is 1. The zero-order valence-corrected chi connectivity index (χ0v) is 12.2. The van der Waals surface area contributed by atoms with Gasteiger partial charge in [0.05, 0.1) is 0 Å². The van der Waals surface area contributed by atoms with Gasteiger partial charge in [-0.25, -0.2) is 0 Å². The van der Waals surface area contributed by atoms with Gasteiger partial charge in [-0.3, -0.25) is 4.79 Å². The van der Waals surface area contributed by atoms with Gasteiger partial charge in [-0.2, -0.15) is 0 Å². The maximum Gasteiger partial charge on any atom is 0.225 e. The van der Waals surface area contributed by atoms with Crippen molar-refractivity contribution < 1.29 is 4.79 Å². The van der Waals surface area contributed by atoms with Crippen LogP contribution < -0.4 is 5.73 Å². The highest BCUT2D eigenvalue weighted by molar-refractivity contribution is 5.79. The molecule has 1 saturated carbocycles.